The van der Waals surface area contributed by atoms with Gasteiger partial charge in [0.25, 0.3) is 11.8 Å². The highest BCUT2D eigenvalue weighted by Gasteiger charge is 2.23. The molecule has 0 aliphatic carbocycles. The summed E-state index contributed by atoms with van der Waals surface area (Å²) in [5.41, 5.74) is 0.700. The Kier molecular flexibility index (Phi) is 4.31. The SMILES string of the molecule is CC(=CC1CCNCC1)C(=O)N1CCC=CC1=O. The van der Waals surface area contributed by atoms with Gasteiger partial charge in [0, 0.05) is 12.1 Å². The Bertz CT molecular complexity index is 393. The zero-order valence-electron chi connectivity index (χ0n) is 10.8. The summed E-state index contributed by atoms with van der Waals surface area (Å²) in [6.07, 6.45) is 8.24. The molecular formula is C14H20N2O2. The Morgan fingerprint density at radius 1 is 1.44 bits per heavy atom. The Balaban J connectivity index is 2.01. The molecule has 0 saturated carbocycles. The molecular weight excluding hydrogens is 228 g/mol. The van der Waals surface area contributed by atoms with Gasteiger partial charge in [-0.1, -0.05) is 12.2 Å². The third kappa shape index (κ3) is 3.07. The zero-order chi connectivity index (χ0) is 13.0. The zero-order valence-corrected chi connectivity index (χ0v) is 10.8. The Morgan fingerprint density at radius 3 is 2.83 bits per heavy atom. The fourth-order valence-electron chi connectivity index (χ4n) is 2.44. The van der Waals surface area contributed by atoms with E-state index in [1.54, 1.807) is 0 Å². The van der Waals surface area contributed by atoms with E-state index in [9.17, 15) is 9.59 Å². The fraction of sp³-hybridized carbons (Fsp3) is 0.571. The lowest BCUT2D eigenvalue weighted by molar-refractivity contribution is -0.139. The predicted octanol–water partition coefficient (Wildman–Crippen LogP) is 1.25. The van der Waals surface area contributed by atoms with Gasteiger partial charge in [-0.3, -0.25) is 14.5 Å². The van der Waals surface area contributed by atoms with Crippen LogP contribution in [0.1, 0.15) is 26.2 Å². The number of piperidine rings is 1. The lowest BCUT2D eigenvalue weighted by atomic mass is 9.95. The van der Waals surface area contributed by atoms with Crippen molar-refractivity contribution in [3.8, 4) is 0 Å². The van der Waals surface area contributed by atoms with E-state index in [2.05, 4.69) is 5.32 Å². The quantitative estimate of drug-likeness (QED) is 0.748. The first kappa shape index (κ1) is 13.0. The van der Waals surface area contributed by atoms with Gasteiger partial charge in [0.2, 0.25) is 0 Å². The molecule has 2 aliphatic heterocycles. The molecule has 18 heavy (non-hydrogen) atoms. The minimum Gasteiger partial charge on any atom is -0.317 e. The van der Waals surface area contributed by atoms with E-state index in [-0.39, 0.29) is 11.8 Å². The van der Waals surface area contributed by atoms with Crippen molar-refractivity contribution in [2.24, 2.45) is 5.92 Å². The molecule has 0 bridgehead atoms. The number of nitrogens with zero attached hydrogens (tertiary/aromatic N) is 1. The third-order valence-corrected chi connectivity index (χ3v) is 3.50. The number of imide groups is 1. The van der Waals surface area contributed by atoms with Crippen molar-refractivity contribution < 1.29 is 9.59 Å². The molecule has 0 unspecified atom stereocenters. The number of amides is 2. The van der Waals surface area contributed by atoms with Gasteiger partial charge in [0.15, 0.2) is 0 Å². The molecule has 2 rings (SSSR count). The molecule has 0 aromatic heterocycles. The second-order valence-corrected chi connectivity index (χ2v) is 4.92. The summed E-state index contributed by atoms with van der Waals surface area (Å²) < 4.78 is 0. The van der Waals surface area contributed by atoms with Gasteiger partial charge in [-0.2, -0.15) is 0 Å². The smallest absolute Gasteiger partial charge is 0.256 e. The second kappa shape index (κ2) is 5.96. The summed E-state index contributed by atoms with van der Waals surface area (Å²) in [5, 5.41) is 3.30. The normalized spacial score (nSPS) is 22.4. The molecule has 1 fully saturated rings. The van der Waals surface area contributed by atoms with Crippen molar-refractivity contribution in [3.05, 3.63) is 23.8 Å². The molecule has 0 aromatic carbocycles. The van der Waals surface area contributed by atoms with Crippen LogP contribution in [0.4, 0.5) is 0 Å². The average Bonchev–Trinajstić information content (AvgIpc) is 2.39. The largest absolute Gasteiger partial charge is 0.317 e. The highest BCUT2D eigenvalue weighted by molar-refractivity contribution is 6.07. The number of hydrogen-bond donors (Lipinski definition) is 1. The van der Waals surface area contributed by atoms with Gasteiger partial charge in [-0.05, 0) is 51.3 Å². The maximum Gasteiger partial charge on any atom is 0.256 e. The van der Waals surface area contributed by atoms with Crippen molar-refractivity contribution in [1.29, 1.82) is 0 Å². The van der Waals surface area contributed by atoms with E-state index in [0.29, 0.717) is 18.0 Å². The highest BCUT2D eigenvalue weighted by Crippen LogP contribution is 2.17. The maximum absolute atomic E-state index is 12.2. The van der Waals surface area contributed by atoms with Crippen LogP contribution in [0.3, 0.4) is 0 Å². The molecule has 0 atom stereocenters. The Labute approximate surface area is 108 Å². The lowest BCUT2D eigenvalue weighted by Crippen LogP contribution is -2.39. The van der Waals surface area contributed by atoms with Crippen LogP contribution < -0.4 is 5.32 Å². The number of rotatable bonds is 2. The molecule has 0 aromatic rings. The van der Waals surface area contributed by atoms with E-state index >= 15 is 0 Å². The van der Waals surface area contributed by atoms with Crippen LogP contribution in [0.25, 0.3) is 0 Å². The number of carbonyl (C=O) groups excluding carboxylic acids is 2. The maximum atomic E-state index is 12.2. The van der Waals surface area contributed by atoms with Crippen LogP contribution in [-0.4, -0.2) is 36.3 Å². The first-order valence-electron chi connectivity index (χ1n) is 6.60. The van der Waals surface area contributed by atoms with E-state index in [4.69, 9.17) is 0 Å². The minimum absolute atomic E-state index is 0.136. The monoisotopic (exact) mass is 248 g/mol. The first-order valence-corrected chi connectivity index (χ1v) is 6.60. The summed E-state index contributed by atoms with van der Waals surface area (Å²) in [4.78, 5) is 25.1. The van der Waals surface area contributed by atoms with Gasteiger partial charge < -0.3 is 5.32 Å². The summed E-state index contributed by atoms with van der Waals surface area (Å²) in [7, 11) is 0. The van der Waals surface area contributed by atoms with Crippen molar-refractivity contribution in [2.45, 2.75) is 26.2 Å². The Hall–Kier alpha value is -1.42. The van der Waals surface area contributed by atoms with E-state index < -0.39 is 0 Å². The molecule has 0 radical (unpaired) electrons. The predicted molar refractivity (Wildman–Crippen MR) is 69.8 cm³/mol. The highest BCUT2D eigenvalue weighted by atomic mass is 16.2. The summed E-state index contributed by atoms with van der Waals surface area (Å²) in [6, 6.07) is 0. The lowest BCUT2D eigenvalue weighted by Gasteiger charge is -2.24. The molecule has 2 amide bonds. The molecule has 4 nitrogen and oxygen atoms in total. The summed E-state index contributed by atoms with van der Waals surface area (Å²) >= 11 is 0. The third-order valence-electron chi connectivity index (χ3n) is 3.50. The number of nitrogens with one attached hydrogen (secondary N) is 1. The molecule has 98 valence electrons. The van der Waals surface area contributed by atoms with Crippen LogP contribution in [0, 0.1) is 5.92 Å². The van der Waals surface area contributed by atoms with Crippen molar-refractivity contribution in [3.63, 3.8) is 0 Å². The average molecular weight is 248 g/mol. The molecule has 2 heterocycles. The molecule has 0 spiro atoms. The van der Waals surface area contributed by atoms with Crippen LogP contribution in [0.5, 0.6) is 0 Å². The van der Waals surface area contributed by atoms with Crippen molar-refractivity contribution in [2.75, 3.05) is 19.6 Å². The summed E-state index contributed by atoms with van der Waals surface area (Å²) in [6.45, 7) is 4.34. The Morgan fingerprint density at radius 2 is 2.17 bits per heavy atom. The van der Waals surface area contributed by atoms with Gasteiger partial charge >= 0.3 is 0 Å². The second-order valence-electron chi connectivity index (χ2n) is 4.92. The van der Waals surface area contributed by atoms with E-state index in [1.807, 2.05) is 19.1 Å². The minimum atomic E-state index is -0.190. The molecule has 1 saturated heterocycles. The number of hydrogen-bond acceptors (Lipinski definition) is 3. The van der Waals surface area contributed by atoms with Crippen molar-refractivity contribution >= 4 is 11.8 Å². The van der Waals surface area contributed by atoms with E-state index in [0.717, 1.165) is 32.4 Å². The number of carbonyl (C=O) groups is 2. The number of allylic oxidation sites excluding steroid dienone is 1. The van der Waals surface area contributed by atoms with Crippen LogP contribution in [-0.2, 0) is 9.59 Å². The van der Waals surface area contributed by atoms with Gasteiger partial charge in [-0.25, -0.2) is 0 Å². The van der Waals surface area contributed by atoms with Crippen LogP contribution >= 0.6 is 0 Å². The van der Waals surface area contributed by atoms with Gasteiger partial charge in [0.05, 0.1) is 0 Å². The van der Waals surface area contributed by atoms with Gasteiger partial charge in [-0.15, -0.1) is 0 Å². The van der Waals surface area contributed by atoms with Crippen LogP contribution in [0.2, 0.25) is 0 Å². The standard InChI is InChI=1S/C14H20N2O2/c1-11(10-12-5-7-15-8-6-12)14(18)16-9-3-2-4-13(16)17/h2,4,10,12,15H,3,5-9H2,1H3. The summed E-state index contributed by atoms with van der Waals surface area (Å²) in [5.74, 6) is 0.137. The molecule has 1 N–H and O–H groups in total. The van der Waals surface area contributed by atoms with E-state index in [1.165, 1.54) is 11.0 Å². The first-order chi connectivity index (χ1) is 8.68. The van der Waals surface area contributed by atoms with Crippen LogP contribution in [0.15, 0.2) is 23.8 Å². The molecule has 4 heteroatoms. The fourth-order valence-corrected chi connectivity index (χ4v) is 2.44. The van der Waals surface area contributed by atoms with Gasteiger partial charge in [0.1, 0.15) is 0 Å². The topological polar surface area (TPSA) is 49.4 Å². The molecule has 2 aliphatic rings. The van der Waals surface area contributed by atoms with Crippen molar-refractivity contribution in [1.82, 2.24) is 10.2 Å².